The Bertz CT molecular complexity index is 478. The third kappa shape index (κ3) is 2.10. The maximum atomic E-state index is 14.0. The molecule has 0 heterocycles. The van der Waals surface area contributed by atoms with Gasteiger partial charge in [-0.25, -0.2) is 4.39 Å². The predicted molar refractivity (Wildman–Crippen MR) is 78.6 cm³/mol. The van der Waals surface area contributed by atoms with Crippen molar-refractivity contribution in [2.24, 2.45) is 17.8 Å². The highest BCUT2D eigenvalue weighted by atomic mass is 79.9. The number of nitrogens with one attached hydrogen (secondary N) is 1. The van der Waals surface area contributed by atoms with Crippen LogP contribution in [-0.2, 0) is 0 Å². The van der Waals surface area contributed by atoms with Crippen LogP contribution < -0.4 is 5.32 Å². The molecule has 19 heavy (non-hydrogen) atoms. The molecule has 1 N–H and O–H groups in total. The first-order valence-corrected chi connectivity index (χ1v) is 8.14. The van der Waals surface area contributed by atoms with Crippen molar-refractivity contribution in [1.29, 1.82) is 0 Å². The van der Waals surface area contributed by atoms with E-state index in [1.165, 1.54) is 38.5 Å². The molecule has 3 heteroatoms. The SMILES string of the molecule is Fc1ccc(Br)cc1NC12CC3CC(CC(C3)C1)C2. The van der Waals surface area contributed by atoms with E-state index in [0.717, 1.165) is 22.2 Å². The Morgan fingerprint density at radius 2 is 1.63 bits per heavy atom. The molecule has 102 valence electrons. The van der Waals surface area contributed by atoms with Crippen LogP contribution in [-0.4, -0.2) is 5.54 Å². The summed E-state index contributed by atoms with van der Waals surface area (Å²) in [5.41, 5.74) is 0.854. The summed E-state index contributed by atoms with van der Waals surface area (Å²) < 4.78 is 14.9. The fourth-order valence-electron chi connectivity index (χ4n) is 5.14. The number of benzene rings is 1. The number of rotatable bonds is 2. The molecule has 0 unspecified atom stereocenters. The van der Waals surface area contributed by atoms with Crippen LogP contribution in [0, 0.1) is 23.6 Å². The zero-order valence-electron chi connectivity index (χ0n) is 11.0. The van der Waals surface area contributed by atoms with Gasteiger partial charge >= 0.3 is 0 Å². The molecule has 0 aromatic heterocycles. The molecule has 1 aromatic carbocycles. The standard InChI is InChI=1S/C16H19BrFN/c17-13-1-2-14(18)15(6-13)19-16-7-10-3-11(8-16)5-12(4-10)9-16/h1-2,6,10-12,19H,3-5,7-9H2. The molecule has 4 fully saturated rings. The van der Waals surface area contributed by atoms with E-state index in [1.807, 2.05) is 6.07 Å². The van der Waals surface area contributed by atoms with Crippen molar-refractivity contribution in [3.05, 3.63) is 28.5 Å². The van der Waals surface area contributed by atoms with Crippen molar-refractivity contribution in [2.45, 2.75) is 44.1 Å². The van der Waals surface area contributed by atoms with E-state index < -0.39 is 0 Å². The molecule has 0 atom stereocenters. The lowest BCUT2D eigenvalue weighted by molar-refractivity contribution is 0.0106. The summed E-state index contributed by atoms with van der Waals surface area (Å²) in [5, 5.41) is 3.59. The Balaban J connectivity index is 1.64. The van der Waals surface area contributed by atoms with Gasteiger partial charge in [-0.3, -0.25) is 0 Å². The summed E-state index contributed by atoms with van der Waals surface area (Å²) in [6.07, 6.45) is 7.98. The Morgan fingerprint density at radius 1 is 1.05 bits per heavy atom. The zero-order chi connectivity index (χ0) is 13.0. The number of hydrogen-bond acceptors (Lipinski definition) is 1. The zero-order valence-corrected chi connectivity index (χ0v) is 12.5. The normalized spacial score (nSPS) is 39.6. The molecular formula is C16H19BrFN. The molecule has 1 aromatic rings. The smallest absolute Gasteiger partial charge is 0.146 e. The van der Waals surface area contributed by atoms with E-state index in [0.29, 0.717) is 5.69 Å². The van der Waals surface area contributed by atoms with Crippen LogP contribution in [0.25, 0.3) is 0 Å². The number of halogens is 2. The van der Waals surface area contributed by atoms with Crippen molar-refractivity contribution in [3.63, 3.8) is 0 Å². The van der Waals surface area contributed by atoms with Crippen molar-refractivity contribution >= 4 is 21.6 Å². The fraction of sp³-hybridized carbons (Fsp3) is 0.625. The average Bonchev–Trinajstić information content (AvgIpc) is 2.31. The minimum atomic E-state index is -0.126. The summed E-state index contributed by atoms with van der Waals surface area (Å²) >= 11 is 3.44. The van der Waals surface area contributed by atoms with Crippen LogP contribution in [0.5, 0.6) is 0 Å². The molecule has 0 radical (unpaired) electrons. The Morgan fingerprint density at radius 3 is 2.21 bits per heavy atom. The van der Waals surface area contributed by atoms with Gasteiger partial charge in [0.1, 0.15) is 5.82 Å². The summed E-state index contributed by atoms with van der Waals surface area (Å²) in [7, 11) is 0. The summed E-state index contributed by atoms with van der Waals surface area (Å²) in [6, 6.07) is 5.20. The maximum Gasteiger partial charge on any atom is 0.146 e. The molecule has 4 bridgehead atoms. The van der Waals surface area contributed by atoms with E-state index in [4.69, 9.17) is 0 Å². The summed E-state index contributed by atoms with van der Waals surface area (Å²) in [4.78, 5) is 0. The lowest BCUT2D eigenvalue weighted by atomic mass is 9.53. The van der Waals surface area contributed by atoms with Gasteiger partial charge in [0, 0.05) is 10.0 Å². The number of anilines is 1. The van der Waals surface area contributed by atoms with E-state index in [9.17, 15) is 4.39 Å². The maximum absolute atomic E-state index is 14.0. The molecular weight excluding hydrogens is 305 g/mol. The van der Waals surface area contributed by atoms with Gasteiger partial charge in [0.2, 0.25) is 0 Å². The average molecular weight is 324 g/mol. The first-order chi connectivity index (χ1) is 9.12. The molecule has 0 aliphatic heterocycles. The minimum absolute atomic E-state index is 0.126. The van der Waals surface area contributed by atoms with Crippen LogP contribution in [0.2, 0.25) is 0 Å². The van der Waals surface area contributed by atoms with Gasteiger partial charge in [0.25, 0.3) is 0 Å². The van der Waals surface area contributed by atoms with Crippen molar-refractivity contribution < 1.29 is 4.39 Å². The molecule has 0 amide bonds. The molecule has 1 nitrogen and oxygen atoms in total. The van der Waals surface area contributed by atoms with Crippen LogP contribution in [0.1, 0.15) is 38.5 Å². The van der Waals surface area contributed by atoms with E-state index in [2.05, 4.69) is 21.2 Å². The van der Waals surface area contributed by atoms with Gasteiger partial charge in [-0.05, 0) is 74.5 Å². The number of hydrogen-bond donors (Lipinski definition) is 1. The van der Waals surface area contributed by atoms with E-state index in [-0.39, 0.29) is 11.4 Å². The van der Waals surface area contributed by atoms with Crippen molar-refractivity contribution in [3.8, 4) is 0 Å². The lowest BCUT2D eigenvalue weighted by Crippen LogP contribution is -2.54. The Labute approximate surface area is 122 Å². The third-order valence-corrected chi connectivity index (χ3v) is 5.86. The molecule has 4 aliphatic carbocycles. The van der Waals surface area contributed by atoms with Crippen molar-refractivity contribution in [1.82, 2.24) is 0 Å². The monoisotopic (exact) mass is 323 g/mol. The molecule has 5 rings (SSSR count). The largest absolute Gasteiger partial charge is 0.377 e. The second-order valence-corrected chi connectivity index (χ2v) is 7.86. The predicted octanol–water partition coefficient (Wildman–Crippen LogP) is 4.97. The first kappa shape index (κ1) is 12.2. The Hall–Kier alpha value is -0.570. The first-order valence-electron chi connectivity index (χ1n) is 7.35. The third-order valence-electron chi connectivity index (χ3n) is 5.37. The van der Waals surface area contributed by atoms with Crippen molar-refractivity contribution in [2.75, 3.05) is 5.32 Å². The van der Waals surface area contributed by atoms with Crippen LogP contribution in [0.4, 0.5) is 10.1 Å². The lowest BCUT2D eigenvalue weighted by Gasteiger charge is -2.57. The van der Waals surface area contributed by atoms with Gasteiger partial charge in [0.05, 0.1) is 5.69 Å². The fourth-order valence-corrected chi connectivity index (χ4v) is 5.50. The van der Waals surface area contributed by atoms with Gasteiger partial charge in [-0.2, -0.15) is 0 Å². The van der Waals surface area contributed by atoms with Gasteiger partial charge in [0.15, 0.2) is 0 Å². The topological polar surface area (TPSA) is 12.0 Å². The quantitative estimate of drug-likeness (QED) is 0.810. The van der Waals surface area contributed by atoms with Gasteiger partial charge in [-0.15, -0.1) is 0 Å². The molecule has 0 saturated heterocycles. The summed E-state index contributed by atoms with van der Waals surface area (Å²) in [6.45, 7) is 0. The van der Waals surface area contributed by atoms with Gasteiger partial charge < -0.3 is 5.32 Å². The Kier molecular flexibility index (Phi) is 2.70. The van der Waals surface area contributed by atoms with Crippen LogP contribution in [0.15, 0.2) is 22.7 Å². The minimum Gasteiger partial charge on any atom is -0.377 e. The molecule has 4 aliphatic rings. The van der Waals surface area contributed by atoms with Crippen LogP contribution >= 0.6 is 15.9 Å². The van der Waals surface area contributed by atoms with Crippen LogP contribution in [0.3, 0.4) is 0 Å². The summed E-state index contributed by atoms with van der Waals surface area (Å²) in [5.74, 6) is 2.52. The van der Waals surface area contributed by atoms with E-state index >= 15 is 0 Å². The van der Waals surface area contributed by atoms with Gasteiger partial charge in [-0.1, -0.05) is 15.9 Å². The molecule has 4 saturated carbocycles. The second-order valence-electron chi connectivity index (χ2n) is 6.95. The second kappa shape index (κ2) is 4.21. The molecule has 0 spiro atoms. The highest BCUT2D eigenvalue weighted by Crippen LogP contribution is 2.56. The highest BCUT2D eigenvalue weighted by Gasteiger charge is 2.51. The highest BCUT2D eigenvalue weighted by molar-refractivity contribution is 9.10. The van der Waals surface area contributed by atoms with E-state index in [1.54, 1.807) is 12.1 Å².